The van der Waals surface area contributed by atoms with Crippen LogP contribution in [0.15, 0.2) is 42.7 Å². The Labute approximate surface area is 120 Å². The Morgan fingerprint density at radius 3 is 3.05 bits per heavy atom. The van der Waals surface area contributed by atoms with Gasteiger partial charge in [-0.15, -0.1) is 0 Å². The number of esters is 1. The molecule has 4 nitrogen and oxygen atoms in total. The lowest BCUT2D eigenvalue weighted by Gasteiger charge is -2.07. The van der Waals surface area contributed by atoms with Crippen molar-refractivity contribution in [2.45, 2.75) is 6.92 Å². The smallest absolute Gasteiger partial charge is 0.344 e. The number of carbonyl (C=O) groups excluding carboxylic acids is 1. The quantitative estimate of drug-likeness (QED) is 0.730. The third-order valence-electron chi connectivity index (χ3n) is 3.02. The summed E-state index contributed by atoms with van der Waals surface area (Å²) in [7, 11) is 0. The van der Waals surface area contributed by atoms with Crippen LogP contribution >= 0.6 is 11.6 Å². The van der Waals surface area contributed by atoms with Gasteiger partial charge in [-0.2, -0.15) is 0 Å². The number of carbonyl (C=O) groups is 1. The molecule has 2 aromatic heterocycles. The number of nitrogens with zero attached hydrogens (tertiary/aromatic N) is 1. The van der Waals surface area contributed by atoms with E-state index in [0.29, 0.717) is 22.0 Å². The highest BCUT2D eigenvalue weighted by atomic mass is 35.5. The fraction of sp³-hybridized carbons (Fsp3) is 0.0667. The molecule has 20 heavy (non-hydrogen) atoms. The summed E-state index contributed by atoms with van der Waals surface area (Å²) in [5.41, 5.74) is 2.01. The van der Waals surface area contributed by atoms with E-state index < -0.39 is 5.97 Å². The number of benzene rings is 1. The lowest BCUT2D eigenvalue weighted by atomic mass is 10.1. The molecule has 0 spiro atoms. The molecule has 5 heteroatoms. The fourth-order valence-electron chi connectivity index (χ4n) is 2.01. The van der Waals surface area contributed by atoms with Gasteiger partial charge in [-0.05, 0) is 25.1 Å². The monoisotopic (exact) mass is 286 g/mol. The standard InChI is InChI=1S/C15H11ClN2O2/c1-9-14(7-10(16)8-18-9)20-15(19)12-3-2-4-13-11(12)5-6-17-13/h2-8,17H,1H3. The highest BCUT2D eigenvalue weighted by Crippen LogP contribution is 2.23. The number of hydrogen-bond acceptors (Lipinski definition) is 3. The molecule has 1 N–H and O–H groups in total. The van der Waals surface area contributed by atoms with Crippen LogP contribution in [0.1, 0.15) is 16.1 Å². The summed E-state index contributed by atoms with van der Waals surface area (Å²) in [5, 5.41) is 1.25. The summed E-state index contributed by atoms with van der Waals surface area (Å²) in [6.45, 7) is 1.76. The van der Waals surface area contributed by atoms with Crippen molar-refractivity contribution < 1.29 is 9.53 Å². The van der Waals surface area contributed by atoms with E-state index >= 15 is 0 Å². The van der Waals surface area contributed by atoms with Crippen molar-refractivity contribution in [3.8, 4) is 5.75 Å². The molecule has 1 aromatic carbocycles. The molecule has 2 heterocycles. The highest BCUT2D eigenvalue weighted by Gasteiger charge is 2.14. The Morgan fingerprint density at radius 2 is 2.20 bits per heavy atom. The number of aromatic nitrogens is 2. The number of H-pyrrole nitrogens is 1. The molecule has 0 saturated carbocycles. The normalized spacial score (nSPS) is 10.7. The van der Waals surface area contributed by atoms with E-state index in [-0.39, 0.29) is 0 Å². The zero-order valence-corrected chi connectivity index (χ0v) is 11.4. The van der Waals surface area contributed by atoms with Crippen molar-refractivity contribution in [1.29, 1.82) is 0 Å². The molecule has 0 atom stereocenters. The third-order valence-corrected chi connectivity index (χ3v) is 3.23. The zero-order chi connectivity index (χ0) is 14.1. The van der Waals surface area contributed by atoms with Crippen molar-refractivity contribution >= 4 is 28.5 Å². The van der Waals surface area contributed by atoms with E-state index in [1.54, 1.807) is 31.3 Å². The fourth-order valence-corrected chi connectivity index (χ4v) is 2.16. The predicted molar refractivity (Wildman–Crippen MR) is 77.2 cm³/mol. The molecule has 0 aliphatic rings. The summed E-state index contributed by atoms with van der Waals surface area (Å²) in [4.78, 5) is 19.4. The van der Waals surface area contributed by atoms with Crippen molar-refractivity contribution in [2.24, 2.45) is 0 Å². The minimum atomic E-state index is -0.428. The van der Waals surface area contributed by atoms with Gasteiger partial charge in [0.1, 0.15) is 0 Å². The number of rotatable bonds is 2. The lowest BCUT2D eigenvalue weighted by Crippen LogP contribution is -2.10. The van der Waals surface area contributed by atoms with Crippen LogP contribution in [0.3, 0.4) is 0 Å². The second-order valence-corrected chi connectivity index (χ2v) is 4.81. The maximum atomic E-state index is 12.3. The first-order valence-electron chi connectivity index (χ1n) is 6.05. The molecule has 0 fully saturated rings. The van der Waals surface area contributed by atoms with Crippen molar-refractivity contribution in [3.63, 3.8) is 0 Å². The van der Waals surface area contributed by atoms with Crippen LogP contribution < -0.4 is 4.74 Å². The molecule has 0 bridgehead atoms. The minimum Gasteiger partial charge on any atom is -0.421 e. The average molecular weight is 287 g/mol. The van der Waals surface area contributed by atoms with E-state index in [2.05, 4.69) is 9.97 Å². The molecule has 100 valence electrons. The van der Waals surface area contributed by atoms with Crippen LogP contribution in [0.2, 0.25) is 5.02 Å². The third kappa shape index (κ3) is 2.26. The Kier molecular flexibility index (Phi) is 3.16. The van der Waals surface area contributed by atoms with Gasteiger partial charge in [-0.1, -0.05) is 17.7 Å². The summed E-state index contributed by atoms with van der Waals surface area (Å²) >= 11 is 5.87. The number of hydrogen-bond donors (Lipinski definition) is 1. The van der Waals surface area contributed by atoms with Crippen LogP contribution in [-0.2, 0) is 0 Å². The highest BCUT2D eigenvalue weighted by molar-refractivity contribution is 6.30. The van der Waals surface area contributed by atoms with E-state index in [4.69, 9.17) is 16.3 Å². The molecule has 0 aliphatic carbocycles. The number of nitrogens with one attached hydrogen (secondary N) is 1. The van der Waals surface area contributed by atoms with Crippen LogP contribution in [0, 0.1) is 6.92 Å². The van der Waals surface area contributed by atoms with E-state index in [9.17, 15) is 4.79 Å². The first kappa shape index (κ1) is 12.7. The Balaban J connectivity index is 1.97. The molecule has 3 rings (SSSR count). The van der Waals surface area contributed by atoms with Gasteiger partial charge in [0.15, 0.2) is 5.75 Å². The summed E-state index contributed by atoms with van der Waals surface area (Å²) in [6.07, 6.45) is 3.30. The van der Waals surface area contributed by atoms with Crippen LogP contribution in [0.5, 0.6) is 5.75 Å². The SMILES string of the molecule is Cc1ncc(Cl)cc1OC(=O)c1cccc2[nH]ccc12. The molecular weight excluding hydrogens is 276 g/mol. The van der Waals surface area contributed by atoms with E-state index in [0.717, 1.165) is 10.9 Å². The molecule has 0 saturated heterocycles. The van der Waals surface area contributed by atoms with Crippen LogP contribution in [0.4, 0.5) is 0 Å². The van der Waals surface area contributed by atoms with Crippen molar-refractivity contribution in [3.05, 3.63) is 59.0 Å². The number of aryl methyl sites for hydroxylation is 1. The topological polar surface area (TPSA) is 55.0 Å². The summed E-state index contributed by atoms with van der Waals surface area (Å²) in [5.74, 6) is -0.0580. The molecule has 3 aromatic rings. The number of pyridine rings is 1. The Hall–Kier alpha value is -2.33. The first-order valence-corrected chi connectivity index (χ1v) is 6.43. The van der Waals surface area contributed by atoms with Gasteiger partial charge in [0.25, 0.3) is 0 Å². The molecular formula is C15H11ClN2O2. The lowest BCUT2D eigenvalue weighted by molar-refractivity contribution is 0.0735. The number of ether oxygens (including phenoxy) is 1. The van der Waals surface area contributed by atoms with Gasteiger partial charge >= 0.3 is 5.97 Å². The first-order chi connectivity index (χ1) is 9.65. The average Bonchev–Trinajstić information content (AvgIpc) is 2.91. The van der Waals surface area contributed by atoms with Gasteiger partial charge < -0.3 is 9.72 Å². The number of fused-ring (bicyclic) bond motifs is 1. The van der Waals surface area contributed by atoms with E-state index in [1.165, 1.54) is 6.20 Å². The van der Waals surface area contributed by atoms with Gasteiger partial charge in [0, 0.05) is 29.4 Å². The van der Waals surface area contributed by atoms with Gasteiger partial charge in [0.2, 0.25) is 0 Å². The molecule has 0 aliphatic heterocycles. The second-order valence-electron chi connectivity index (χ2n) is 4.37. The zero-order valence-electron chi connectivity index (χ0n) is 10.7. The second kappa shape index (κ2) is 4.98. The summed E-state index contributed by atoms with van der Waals surface area (Å²) < 4.78 is 5.39. The minimum absolute atomic E-state index is 0.370. The molecule has 0 unspecified atom stereocenters. The van der Waals surface area contributed by atoms with Crippen LogP contribution in [0.25, 0.3) is 10.9 Å². The van der Waals surface area contributed by atoms with E-state index in [1.807, 2.05) is 12.1 Å². The van der Waals surface area contributed by atoms with Crippen molar-refractivity contribution in [2.75, 3.05) is 0 Å². The van der Waals surface area contributed by atoms with Crippen LogP contribution in [-0.4, -0.2) is 15.9 Å². The maximum Gasteiger partial charge on any atom is 0.344 e. The predicted octanol–water partition coefficient (Wildman–Crippen LogP) is 3.74. The van der Waals surface area contributed by atoms with Gasteiger partial charge in [-0.3, -0.25) is 4.98 Å². The molecule has 0 amide bonds. The van der Waals surface area contributed by atoms with Crippen molar-refractivity contribution in [1.82, 2.24) is 9.97 Å². The maximum absolute atomic E-state index is 12.3. The number of halogens is 1. The largest absolute Gasteiger partial charge is 0.421 e. The summed E-state index contributed by atoms with van der Waals surface area (Å²) in [6, 6.07) is 8.86. The number of aromatic amines is 1. The molecule has 0 radical (unpaired) electrons. The van der Waals surface area contributed by atoms with Gasteiger partial charge in [-0.25, -0.2) is 4.79 Å². The Bertz CT molecular complexity index is 795. The Morgan fingerprint density at radius 1 is 1.35 bits per heavy atom. The van der Waals surface area contributed by atoms with Gasteiger partial charge in [0.05, 0.1) is 16.3 Å².